The van der Waals surface area contributed by atoms with Crippen LogP contribution in [0.5, 0.6) is 0 Å². The van der Waals surface area contributed by atoms with Gasteiger partial charge in [0.1, 0.15) is 12.1 Å². The van der Waals surface area contributed by atoms with Crippen molar-refractivity contribution in [2.45, 2.75) is 13.1 Å². The van der Waals surface area contributed by atoms with Gasteiger partial charge < -0.3 is 9.30 Å². The van der Waals surface area contributed by atoms with Crippen molar-refractivity contribution in [1.82, 2.24) is 14.8 Å². The molecular weight excluding hydrogens is 478 g/mol. The third-order valence-electron chi connectivity index (χ3n) is 5.07. The molecule has 0 saturated carbocycles. The zero-order valence-electron chi connectivity index (χ0n) is 17.0. The summed E-state index contributed by atoms with van der Waals surface area (Å²) < 4.78 is 7.23. The molecule has 0 atom stereocenters. The molecule has 1 fully saturated rings. The maximum Gasteiger partial charge on any atom is 0.331 e. The SMILES string of the molecule is COC(=O)Cn1cc(/C=C2\C(=O)NC(=O)N(Cc3ccccc3)C2=O)c2cc(Br)ccc21. The molecule has 1 aromatic heterocycles. The van der Waals surface area contributed by atoms with Crippen molar-refractivity contribution in [2.24, 2.45) is 0 Å². The van der Waals surface area contributed by atoms with E-state index in [9.17, 15) is 19.2 Å². The topological polar surface area (TPSA) is 97.7 Å². The van der Waals surface area contributed by atoms with Crippen LogP contribution in [0.2, 0.25) is 0 Å². The predicted molar refractivity (Wildman–Crippen MR) is 120 cm³/mol. The van der Waals surface area contributed by atoms with Gasteiger partial charge in [-0.05, 0) is 29.8 Å². The highest BCUT2D eigenvalue weighted by molar-refractivity contribution is 9.10. The van der Waals surface area contributed by atoms with Crippen LogP contribution in [-0.2, 0) is 32.2 Å². The summed E-state index contributed by atoms with van der Waals surface area (Å²) in [6, 6.07) is 13.7. The van der Waals surface area contributed by atoms with Crippen LogP contribution in [0.15, 0.2) is 64.8 Å². The van der Waals surface area contributed by atoms with Crippen LogP contribution in [0.1, 0.15) is 11.1 Å². The maximum atomic E-state index is 13.1. The van der Waals surface area contributed by atoms with Crippen molar-refractivity contribution in [3.05, 3.63) is 75.9 Å². The van der Waals surface area contributed by atoms with E-state index in [1.165, 1.54) is 13.2 Å². The smallest absolute Gasteiger partial charge is 0.331 e. The Hall–Kier alpha value is -3.72. The van der Waals surface area contributed by atoms with Gasteiger partial charge in [0.25, 0.3) is 11.8 Å². The van der Waals surface area contributed by atoms with Crippen LogP contribution < -0.4 is 5.32 Å². The number of benzene rings is 2. The van der Waals surface area contributed by atoms with E-state index < -0.39 is 23.8 Å². The molecule has 2 heterocycles. The monoisotopic (exact) mass is 495 g/mol. The molecule has 4 rings (SSSR count). The van der Waals surface area contributed by atoms with Crippen LogP contribution in [0.4, 0.5) is 4.79 Å². The van der Waals surface area contributed by atoms with Crippen molar-refractivity contribution in [2.75, 3.05) is 7.11 Å². The molecule has 8 nitrogen and oxygen atoms in total. The van der Waals surface area contributed by atoms with Gasteiger partial charge in [-0.2, -0.15) is 0 Å². The summed E-state index contributed by atoms with van der Waals surface area (Å²) in [5.74, 6) is -1.89. The molecule has 9 heteroatoms. The Morgan fingerprint density at radius 2 is 1.88 bits per heavy atom. The standard InChI is InChI=1S/C23H18BrN3O5/c1-32-20(28)13-26-12-15(17-10-16(24)7-8-19(17)26)9-18-21(29)25-23(31)27(22(18)30)11-14-5-3-2-4-6-14/h2-10,12H,11,13H2,1H3,(H,25,29,31)/b18-9+. The first-order chi connectivity index (χ1) is 15.4. The van der Waals surface area contributed by atoms with Crippen molar-refractivity contribution < 1.29 is 23.9 Å². The van der Waals surface area contributed by atoms with E-state index in [-0.39, 0.29) is 18.7 Å². The number of hydrogen-bond donors (Lipinski definition) is 1. The number of imide groups is 2. The molecule has 0 bridgehead atoms. The highest BCUT2D eigenvalue weighted by Crippen LogP contribution is 2.28. The van der Waals surface area contributed by atoms with Gasteiger partial charge in [-0.25, -0.2) is 4.79 Å². The second-order valence-corrected chi connectivity index (χ2v) is 8.06. The lowest BCUT2D eigenvalue weighted by Crippen LogP contribution is -2.53. The van der Waals surface area contributed by atoms with Gasteiger partial charge in [0.05, 0.1) is 13.7 Å². The lowest BCUT2D eigenvalue weighted by atomic mass is 10.1. The third-order valence-corrected chi connectivity index (χ3v) is 5.56. The summed E-state index contributed by atoms with van der Waals surface area (Å²) in [7, 11) is 1.30. The molecule has 1 N–H and O–H groups in total. The van der Waals surface area contributed by atoms with E-state index in [4.69, 9.17) is 4.74 Å². The number of rotatable bonds is 5. The number of hydrogen-bond acceptors (Lipinski definition) is 5. The van der Waals surface area contributed by atoms with Crippen LogP contribution in [0.25, 0.3) is 17.0 Å². The number of carbonyl (C=O) groups excluding carboxylic acids is 4. The average molecular weight is 496 g/mol. The van der Waals surface area contributed by atoms with E-state index in [0.717, 1.165) is 25.8 Å². The Kier molecular flexibility index (Phi) is 5.91. The molecule has 0 radical (unpaired) electrons. The molecule has 32 heavy (non-hydrogen) atoms. The van der Waals surface area contributed by atoms with Gasteiger partial charge in [0.2, 0.25) is 0 Å². The summed E-state index contributed by atoms with van der Waals surface area (Å²) >= 11 is 3.42. The number of ether oxygens (including phenoxy) is 1. The fourth-order valence-corrected chi connectivity index (χ4v) is 3.87. The second-order valence-electron chi connectivity index (χ2n) is 7.14. The number of methoxy groups -OCH3 is 1. The van der Waals surface area contributed by atoms with Crippen LogP contribution in [0.3, 0.4) is 0 Å². The summed E-state index contributed by atoms with van der Waals surface area (Å²) in [5, 5.41) is 2.95. The second kappa shape index (κ2) is 8.80. The molecular formula is C23H18BrN3O5. The van der Waals surface area contributed by atoms with Gasteiger partial charge >= 0.3 is 12.0 Å². The van der Waals surface area contributed by atoms with E-state index in [1.54, 1.807) is 35.0 Å². The van der Waals surface area contributed by atoms with E-state index in [2.05, 4.69) is 21.2 Å². The molecule has 1 aliphatic heterocycles. The average Bonchev–Trinajstić information content (AvgIpc) is 3.10. The fourth-order valence-electron chi connectivity index (χ4n) is 3.51. The molecule has 4 amide bonds. The Morgan fingerprint density at radius 3 is 2.59 bits per heavy atom. The first-order valence-corrected chi connectivity index (χ1v) is 10.4. The van der Waals surface area contributed by atoms with Crippen molar-refractivity contribution in [3.8, 4) is 0 Å². The van der Waals surface area contributed by atoms with Gasteiger partial charge in [-0.3, -0.25) is 24.6 Å². The number of aromatic nitrogens is 1. The predicted octanol–water partition coefficient (Wildman–Crippen LogP) is 3.24. The lowest BCUT2D eigenvalue weighted by molar-refractivity contribution is -0.141. The normalized spacial score (nSPS) is 15.4. The maximum absolute atomic E-state index is 13.1. The number of halogens is 1. The fraction of sp³-hybridized carbons (Fsp3) is 0.130. The number of carbonyl (C=O) groups is 4. The first-order valence-electron chi connectivity index (χ1n) is 9.65. The van der Waals surface area contributed by atoms with Gasteiger partial charge in [-0.1, -0.05) is 46.3 Å². The summed E-state index contributed by atoms with van der Waals surface area (Å²) in [6.07, 6.45) is 3.10. The Balaban J connectivity index is 1.75. The minimum atomic E-state index is -0.770. The van der Waals surface area contributed by atoms with E-state index in [1.807, 2.05) is 24.3 Å². The zero-order chi connectivity index (χ0) is 22.8. The van der Waals surface area contributed by atoms with Gasteiger partial charge in [0.15, 0.2) is 0 Å². The highest BCUT2D eigenvalue weighted by Gasteiger charge is 2.35. The number of esters is 1. The van der Waals surface area contributed by atoms with Crippen LogP contribution >= 0.6 is 15.9 Å². The first kappa shape index (κ1) is 21.5. The highest BCUT2D eigenvalue weighted by atomic mass is 79.9. The molecule has 0 unspecified atom stereocenters. The molecule has 1 aliphatic rings. The number of nitrogens with one attached hydrogen (secondary N) is 1. The van der Waals surface area contributed by atoms with Crippen molar-refractivity contribution in [1.29, 1.82) is 0 Å². The number of barbiturate groups is 1. The van der Waals surface area contributed by atoms with E-state index >= 15 is 0 Å². The largest absolute Gasteiger partial charge is 0.468 e. The minimum absolute atomic E-state index is 0.0312. The number of nitrogens with zero attached hydrogens (tertiary/aromatic N) is 2. The Morgan fingerprint density at radius 1 is 1.12 bits per heavy atom. The molecule has 0 aliphatic carbocycles. The molecule has 0 spiro atoms. The third kappa shape index (κ3) is 4.19. The molecule has 162 valence electrons. The quantitative estimate of drug-likeness (QED) is 0.332. The zero-order valence-corrected chi connectivity index (χ0v) is 18.6. The Bertz CT molecular complexity index is 1280. The minimum Gasteiger partial charge on any atom is -0.468 e. The lowest BCUT2D eigenvalue weighted by Gasteiger charge is -2.26. The molecule has 1 saturated heterocycles. The van der Waals surface area contributed by atoms with Crippen LogP contribution in [-0.4, -0.2) is 40.4 Å². The number of urea groups is 1. The number of amides is 4. The van der Waals surface area contributed by atoms with Gasteiger partial charge in [0, 0.05) is 27.1 Å². The Labute approximate surface area is 191 Å². The molecule has 2 aromatic carbocycles. The van der Waals surface area contributed by atoms with Crippen molar-refractivity contribution in [3.63, 3.8) is 0 Å². The summed E-state index contributed by atoms with van der Waals surface area (Å²) in [6.45, 7) is 0.00232. The van der Waals surface area contributed by atoms with Crippen LogP contribution in [0, 0.1) is 0 Å². The number of fused-ring (bicyclic) bond motifs is 1. The van der Waals surface area contributed by atoms with E-state index in [0.29, 0.717) is 5.56 Å². The summed E-state index contributed by atoms with van der Waals surface area (Å²) in [5.41, 5.74) is 1.87. The van der Waals surface area contributed by atoms with Gasteiger partial charge in [-0.15, -0.1) is 0 Å². The van der Waals surface area contributed by atoms with Crippen molar-refractivity contribution >= 4 is 56.7 Å². The molecule has 3 aromatic rings. The summed E-state index contributed by atoms with van der Waals surface area (Å²) in [4.78, 5) is 50.7.